The van der Waals surface area contributed by atoms with E-state index in [1.54, 1.807) is 0 Å². The molecule has 0 aromatic rings. The number of ether oxygens (including phenoxy) is 3. The highest BCUT2D eigenvalue weighted by Gasteiger charge is 2.39. The molecule has 0 fully saturated rings. The van der Waals surface area contributed by atoms with Crippen molar-refractivity contribution >= 4 is 0 Å². The number of rotatable bonds is 13. The van der Waals surface area contributed by atoms with E-state index in [2.05, 4.69) is 76.2 Å². The average molecular weight is 417 g/mol. The third kappa shape index (κ3) is 11.1. The molecular formula is C25H52O4. The van der Waals surface area contributed by atoms with E-state index in [-0.39, 0.29) is 22.2 Å². The van der Waals surface area contributed by atoms with E-state index in [0.717, 1.165) is 13.0 Å². The van der Waals surface area contributed by atoms with Crippen LogP contribution in [0.2, 0.25) is 0 Å². The topological polar surface area (TPSA) is 47.9 Å². The summed E-state index contributed by atoms with van der Waals surface area (Å²) in [7, 11) is 0. The lowest BCUT2D eigenvalue weighted by atomic mass is 9.74. The Hall–Kier alpha value is -0.160. The van der Waals surface area contributed by atoms with Gasteiger partial charge >= 0.3 is 0 Å². The van der Waals surface area contributed by atoms with Gasteiger partial charge in [0.2, 0.25) is 0 Å². The third-order valence-corrected chi connectivity index (χ3v) is 6.74. The van der Waals surface area contributed by atoms with Crippen molar-refractivity contribution in [1.82, 2.24) is 0 Å². The van der Waals surface area contributed by atoms with Crippen LogP contribution in [-0.4, -0.2) is 47.3 Å². The Morgan fingerprint density at radius 1 is 0.690 bits per heavy atom. The molecule has 0 aromatic carbocycles. The average Bonchev–Trinajstić information content (AvgIpc) is 2.48. The summed E-state index contributed by atoms with van der Waals surface area (Å²) in [4.78, 5) is 0. The van der Waals surface area contributed by atoms with Gasteiger partial charge in [-0.15, -0.1) is 0 Å². The molecule has 0 rings (SSSR count). The van der Waals surface area contributed by atoms with Gasteiger partial charge in [0.1, 0.15) is 0 Å². The van der Waals surface area contributed by atoms with Crippen LogP contribution >= 0.6 is 0 Å². The van der Waals surface area contributed by atoms with Crippen LogP contribution in [0.4, 0.5) is 0 Å². The first-order valence-electron chi connectivity index (χ1n) is 11.3. The number of hydrogen-bond acceptors (Lipinski definition) is 4. The molecule has 0 aromatic heterocycles. The zero-order chi connectivity index (χ0) is 23.3. The van der Waals surface area contributed by atoms with Crippen molar-refractivity contribution in [3.8, 4) is 0 Å². The van der Waals surface area contributed by atoms with Crippen molar-refractivity contribution in [2.45, 2.75) is 125 Å². The zero-order valence-corrected chi connectivity index (χ0v) is 21.9. The van der Waals surface area contributed by atoms with Gasteiger partial charge in [-0.3, -0.25) is 0 Å². The number of hydrogen-bond donors (Lipinski definition) is 1. The lowest BCUT2D eigenvalue weighted by molar-refractivity contribution is -0.140. The van der Waals surface area contributed by atoms with Gasteiger partial charge in [-0.05, 0) is 92.4 Å². The van der Waals surface area contributed by atoms with Gasteiger partial charge in [-0.25, -0.2) is 0 Å². The molecule has 0 bridgehead atoms. The van der Waals surface area contributed by atoms with Crippen LogP contribution in [-0.2, 0) is 14.2 Å². The summed E-state index contributed by atoms with van der Waals surface area (Å²) in [6.45, 7) is 29.5. The van der Waals surface area contributed by atoms with Crippen molar-refractivity contribution in [2.75, 3.05) is 19.8 Å². The molecule has 4 nitrogen and oxygen atoms in total. The maximum atomic E-state index is 9.91. The molecule has 0 aliphatic carbocycles. The molecule has 0 heterocycles. The Morgan fingerprint density at radius 2 is 1.17 bits per heavy atom. The largest absolute Gasteiger partial charge is 0.390 e. The van der Waals surface area contributed by atoms with E-state index in [9.17, 15) is 5.11 Å². The predicted octanol–water partition coefficient (Wildman–Crippen LogP) is 6.24. The summed E-state index contributed by atoms with van der Waals surface area (Å²) in [6, 6.07) is 0. The molecule has 2 unspecified atom stereocenters. The maximum Gasteiger partial charge on any atom is 0.0678 e. The fraction of sp³-hybridized carbons (Fsp3) is 1.00. The first kappa shape index (κ1) is 28.8. The van der Waals surface area contributed by atoms with E-state index < -0.39 is 5.60 Å². The van der Waals surface area contributed by atoms with Gasteiger partial charge in [0, 0.05) is 6.61 Å². The zero-order valence-electron chi connectivity index (χ0n) is 21.9. The Balaban J connectivity index is 4.71. The molecule has 0 aliphatic heterocycles. The minimum absolute atomic E-state index is 0.0000650. The predicted molar refractivity (Wildman–Crippen MR) is 123 cm³/mol. The van der Waals surface area contributed by atoms with Gasteiger partial charge in [0.05, 0.1) is 35.6 Å². The van der Waals surface area contributed by atoms with E-state index in [1.165, 1.54) is 0 Å². The molecule has 0 aliphatic rings. The van der Waals surface area contributed by atoms with Gasteiger partial charge < -0.3 is 19.3 Å². The van der Waals surface area contributed by atoms with Crippen molar-refractivity contribution in [3.63, 3.8) is 0 Å². The van der Waals surface area contributed by atoms with Crippen molar-refractivity contribution in [3.05, 3.63) is 0 Å². The van der Waals surface area contributed by atoms with E-state index in [0.29, 0.717) is 31.5 Å². The molecule has 29 heavy (non-hydrogen) atoms. The van der Waals surface area contributed by atoms with E-state index in [1.807, 2.05) is 13.8 Å². The van der Waals surface area contributed by atoms with Gasteiger partial charge in [0.25, 0.3) is 0 Å². The summed E-state index contributed by atoms with van der Waals surface area (Å²) < 4.78 is 18.5. The SMILES string of the molecule is CC(COC(C)(C)C(C)(C)CCOC(C)(C)C)C(C)C(C)(C)OCCC(C)(C)O. The van der Waals surface area contributed by atoms with Crippen molar-refractivity contribution in [2.24, 2.45) is 17.3 Å². The smallest absolute Gasteiger partial charge is 0.0678 e. The Kier molecular flexibility index (Phi) is 10.4. The molecule has 176 valence electrons. The van der Waals surface area contributed by atoms with E-state index >= 15 is 0 Å². The second-order valence-corrected chi connectivity index (χ2v) is 12.2. The second-order valence-electron chi connectivity index (χ2n) is 12.2. The molecule has 4 heteroatoms. The summed E-state index contributed by atoms with van der Waals surface area (Å²) in [5.74, 6) is 0.681. The fourth-order valence-corrected chi connectivity index (χ4v) is 2.97. The molecular weight excluding hydrogens is 364 g/mol. The van der Waals surface area contributed by atoms with Crippen LogP contribution in [0, 0.1) is 17.3 Å². The monoisotopic (exact) mass is 416 g/mol. The Labute approximate surface area is 182 Å². The lowest BCUT2D eigenvalue weighted by Gasteiger charge is -2.44. The molecule has 0 saturated carbocycles. The highest BCUT2D eigenvalue weighted by Crippen LogP contribution is 2.38. The van der Waals surface area contributed by atoms with E-state index in [4.69, 9.17) is 14.2 Å². The summed E-state index contributed by atoms with van der Waals surface area (Å²) in [5.41, 5.74) is -1.33. The molecule has 0 spiro atoms. The van der Waals surface area contributed by atoms with Gasteiger partial charge in [0.15, 0.2) is 0 Å². The summed E-state index contributed by atoms with van der Waals surface area (Å²) in [6.07, 6.45) is 1.58. The molecule has 0 saturated heterocycles. The molecule has 0 amide bonds. The molecule has 2 atom stereocenters. The van der Waals surface area contributed by atoms with Crippen LogP contribution in [0.1, 0.15) is 103 Å². The lowest BCUT2D eigenvalue weighted by Crippen LogP contribution is -2.45. The highest BCUT2D eigenvalue weighted by molar-refractivity contribution is 4.89. The van der Waals surface area contributed by atoms with Crippen LogP contribution in [0.25, 0.3) is 0 Å². The van der Waals surface area contributed by atoms with Crippen molar-refractivity contribution < 1.29 is 19.3 Å². The first-order chi connectivity index (χ1) is 12.7. The molecule has 0 radical (unpaired) electrons. The minimum Gasteiger partial charge on any atom is -0.390 e. The highest BCUT2D eigenvalue weighted by atomic mass is 16.5. The Bertz CT molecular complexity index is 466. The van der Waals surface area contributed by atoms with Gasteiger partial charge in [-0.2, -0.15) is 0 Å². The third-order valence-electron chi connectivity index (χ3n) is 6.74. The quantitative estimate of drug-likeness (QED) is 0.386. The normalized spacial score (nSPS) is 16.8. The summed E-state index contributed by atoms with van der Waals surface area (Å²) in [5, 5.41) is 9.91. The summed E-state index contributed by atoms with van der Waals surface area (Å²) >= 11 is 0. The molecule has 1 N–H and O–H groups in total. The standard InChI is InChI=1S/C25H52O4/c1-19(20(2)24(10,11)28-17-15-23(8,9)26)18-29-25(12,13)22(6,7)14-16-27-21(3,4)5/h19-20,26H,14-18H2,1-13H3. The number of aliphatic hydroxyl groups is 1. The van der Waals surface area contributed by atoms with Crippen LogP contribution < -0.4 is 0 Å². The van der Waals surface area contributed by atoms with Crippen LogP contribution in [0.15, 0.2) is 0 Å². The van der Waals surface area contributed by atoms with Crippen LogP contribution in [0.5, 0.6) is 0 Å². The minimum atomic E-state index is -0.694. The maximum absolute atomic E-state index is 9.91. The second kappa shape index (κ2) is 10.4. The first-order valence-corrected chi connectivity index (χ1v) is 11.3. The Morgan fingerprint density at radius 3 is 1.62 bits per heavy atom. The van der Waals surface area contributed by atoms with Gasteiger partial charge in [-0.1, -0.05) is 27.7 Å². The fourth-order valence-electron chi connectivity index (χ4n) is 2.97. The van der Waals surface area contributed by atoms with Crippen molar-refractivity contribution in [1.29, 1.82) is 0 Å². The van der Waals surface area contributed by atoms with Crippen LogP contribution in [0.3, 0.4) is 0 Å².